The summed E-state index contributed by atoms with van der Waals surface area (Å²) in [4.78, 5) is 31.5. The van der Waals surface area contributed by atoms with E-state index in [1.165, 1.54) is 0 Å². The third-order valence-corrected chi connectivity index (χ3v) is 5.22. The van der Waals surface area contributed by atoms with Gasteiger partial charge in [-0.25, -0.2) is 4.79 Å². The van der Waals surface area contributed by atoms with Crippen molar-refractivity contribution in [3.05, 3.63) is 35.5 Å². The van der Waals surface area contributed by atoms with Crippen LogP contribution in [0.5, 0.6) is 0 Å². The molecule has 2 amide bonds. The van der Waals surface area contributed by atoms with Crippen LogP contribution in [0.2, 0.25) is 0 Å². The summed E-state index contributed by atoms with van der Waals surface area (Å²) in [7, 11) is 0. The van der Waals surface area contributed by atoms with Gasteiger partial charge in [0.05, 0.1) is 33.9 Å². The Balaban J connectivity index is 1.67. The van der Waals surface area contributed by atoms with Crippen LogP contribution in [0.1, 0.15) is 42.6 Å². The number of hydrogen-bond donors (Lipinski definition) is 5. The largest absolute Gasteiger partial charge is 0.465 e. The molecular weight excluding hydrogens is 384 g/mol. The second-order valence-corrected chi connectivity index (χ2v) is 7.85. The van der Waals surface area contributed by atoms with Gasteiger partial charge in [-0.2, -0.15) is 5.26 Å². The maximum Gasteiger partial charge on any atom is 0.404 e. The van der Waals surface area contributed by atoms with E-state index < -0.39 is 6.09 Å². The van der Waals surface area contributed by atoms with Gasteiger partial charge in [0.1, 0.15) is 0 Å². The Hall–Kier alpha value is -3.80. The van der Waals surface area contributed by atoms with Crippen molar-refractivity contribution >= 4 is 39.6 Å². The summed E-state index contributed by atoms with van der Waals surface area (Å²) in [6, 6.07) is 7.34. The highest BCUT2D eigenvalue weighted by Gasteiger charge is 2.32. The molecule has 5 N–H and O–H groups in total. The second-order valence-electron chi connectivity index (χ2n) is 7.85. The fourth-order valence-corrected chi connectivity index (χ4v) is 3.80. The third kappa shape index (κ3) is 3.59. The second kappa shape index (κ2) is 7.55. The lowest BCUT2D eigenvalue weighted by molar-refractivity contribution is 0.0903. The molecule has 30 heavy (non-hydrogen) atoms. The summed E-state index contributed by atoms with van der Waals surface area (Å²) in [5.41, 5.74) is 3.83. The first-order valence-electron chi connectivity index (χ1n) is 9.77. The number of rotatable bonds is 5. The number of nitrogens with zero attached hydrogens (tertiary/aromatic N) is 2. The van der Waals surface area contributed by atoms with E-state index in [1.807, 2.05) is 19.9 Å². The number of carboxylic acid groups (broad SMARTS) is 1. The van der Waals surface area contributed by atoms with Gasteiger partial charge in [-0.05, 0) is 44.9 Å². The molecule has 9 nitrogen and oxygen atoms in total. The van der Waals surface area contributed by atoms with Crippen LogP contribution in [-0.2, 0) is 0 Å². The number of benzene rings is 1. The molecule has 2 heterocycles. The van der Waals surface area contributed by atoms with E-state index in [0.29, 0.717) is 35.2 Å². The first-order chi connectivity index (χ1) is 14.4. The predicted octanol–water partition coefficient (Wildman–Crippen LogP) is 2.94. The van der Waals surface area contributed by atoms with Gasteiger partial charge in [0.2, 0.25) is 0 Å². The number of hydrogen-bond acceptors (Lipinski definition) is 5. The van der Waals surface area contributed by atoms with Gasteiger partial charge in [0.15, 0.2) is 0 Å². The Morgan fingerprint density at radius 2 is 2.00 bits per heavy atom. The van der Waals surface area contributed by atoms with Gasteiger partial charge in [0.25, 0.3) is 5.91 Å². The fraction of sp³-hybridized carbons (Fsp3) is 0.333. The number of amides is 2. The van der Waals surface area contributed by atoms with E-state index >= 15 is 0 Å². The molecule has 1 aliphatic rings. The number of anilines is 1. The van der Waals surface area contributed by atoms with Crippen LogP contribution in [0.25, 0.3) is 21.9 Å². The summed E-state index contributed by atoms with van der Waals surface area (Å²) in [5.74, 6) is -0.261. The van der Waals surface area contributed by atoms with Crippen molar-refractivity contribution in [1.29, 1.82) is 5.26 Å². The molecule has 1 saturated carbocycles. The van der Waals surface area contributed by atoms with Gasteiger partial charge < -0.3 is 26.0 Å². The molecule has 0 bridgehead atoms. The van der Waals surface area contributed by atoms with Crippen LogP contribution in [0.15, 0.2) is 24.4 Å². The molecule has 3 aromatic rings. The molecule has 0 unspecified atom stereocenters. The third-order valence-electron chi connectivity index (χ3n) is 5.22. The van der Waals surface area contributed by atoms with Crippen molar-refractivity contribution < 1.29 is 14.7 Å². The average Bonchev–Trinajstić information content (AvgIpc) is 3.03. The summed E-state index contributed by atoms with van der Waals surface area (Å²) >= 11 is 0. The molecule has 1 fully saturated rings. The summed E-state index contributed by atoms with van der Waals surface area (Å²) in [6.45, 7) is 3.97. The van der Waals surface area contributed by atoms with Crippen LogP contribution in [-0.4, -0.2) is 45.2 Å². The van der Waals surface area contributed by atoms with Crippen LogP contribution in [0.3, 0.4) is 0 Å². The lowest BCUT2D eigenvalue weighted by Crippen LogP contribution is -2.53. The zero-order chi connectivity index (χ0) is 21.4. The minimum absolute atomic E-state index is 0.0797. The molecule has 9 heteroatoms. The van der Waals surface area contributed by atoms with Crippen molar-refractivity contribution in [3.63, 3.8) is 0 Å². The fourth-order valence-electron chi connectivity index (χ4n) is 3.80. The van der Waals surface area contributed by atoms with Crippen LogP contribution in [0, 0.1) is 11.3 Å². The highest BCUT2D eigenvalue weighted by Crippen LogP contribution is 2.32. The number of pyridine rings is 1. The van der Waals surface area contributed by atoms with E-state index in [2.05, 4.69) is 32.0 Å². The monoisotopic (exact) mass is 406 g/mol. The van der Waals surface area contributed by atoms with E-state index in [9.17, 15) is 9.59 Å². The molecule has 0 spiro atoms. The van der Waals surface area contributed by atoms with E-state index in [-0.39, 0.29) is 24.0 Å². The van der Waals surface area contributed by atoms with E-state index in [4.69, 9.17) is 10.4 Å². The molecular formula is C21H22N6O3. The molecule has 0 aliphatic heterocycles. The Morgan fingerprint density at radius 3 is 2.67 bits per heavy atom. The Morgan fingerprint density at radius 1 is 1.27 bits per heavy atom. The Kier molecular flexibility index (Phi) is 4.91. The van der Waals surface area contributed by atoms with Gasteiger partial charge in [-0.3, -0.25) is 9.78 Å². The number of carbonyl (C=O) groups excluding carboxylic acids is 1. The smallest absolute Gasteiger partial charge is 0.404 e. The number of nitriles is 1. The van der Waals surface area contributed by atoms with Crippen molar-refractivity contribution in [1.82, 2.24) is 20.6 Å². The highest BCUT2D eigenvalue weighted by molar-refractivity contribution is 6.14. The average molecular weight is 406 g/mol. The van der Waals surface area contributed by atoms with Crippen molar-refractivity contribution in [2.75, 3.05) is 5.32 Å². The zero-order valence-electron chi connectivity index (χ0n) is 16.6. The first kappa shape index (κ1) is 19.5. The molecule has 0 saturated heterocycles. The number of nitrogens with one attached hydrogen (secondary N) is 4. The molecule has 0 atom stereocenters. The van der Waals surface area contributed by atoms with Gasteiger partial charge in [0, 0.05) is 35.2 Å². The Bertz CT molecular complexity index is 1190. The highest BCUT2D eigenvalue weighted by atomic mass is 16.4. The number of fused-ring (bicyclic) bond motifs is 3. The summed E-state index contributed by atoms with van der Waals surface area (Å²) in [5, 5.41) is 27.5. The lowest BCUT2D eigenvalue weighted by atomic mass is 9.86. The Labute approximate surface area is 172 Å². The number of carbonyl (C=O) groups is 2. The maximum absolute atomic E-state index is 13.0. The van der Waals surface area contributed by atoms with Crippen LogP contribution >= 0.6 is 0 Å². The van der Waals surface area contributed by atoms with Crippen LogP contribution in [0.4, 0.5) is 10.5 Å². The minimum atomic E-state index is -1.05. The quantitative estimate of drug-likeness (QED) is 0.441. The summed E-state index contributed by atoms with van der Waals surface area (Å²) < 4.78 is 0. The molecule has 2 aromatic heterocycles. The van der Waals surface area contributed by atoms with E-state index in [0.717, 1.165) is 16.4 Å². The predicted molar refractivity (Wildman–Crippen MR) is 113 cm³/mol. The van der Waals surface area contributed by atoms with Crippen molar-refractivity contribution in [3.8, 4) is 6.07 Å². The number of aromatic amines is 1. The van der Waals surface area contributed by atoms with Gasteiger partial charge >= 0.3 is 6.09 Å². The van der Waals surface area contributed by atoms with Gasteiger partial charge in [-0.1, -0.05) is 0 Å². The summed E-state index contributed by atoms with van der Waals surface area (Å²) in [6.07, 6.45) is 1.62. The maximum atomic E-state index is 13.0. The molecule has 154 valence electrons. The normalized spacial score (nSPS) is 18.1. The van der Waals surface area contributed by atoms with Crippen molar-refractivity contribution in [2.24, 2.45) is 0 Å². The standard InChI is InChI=1S/C21H22N6O3/c1-10(2)24-18-15(20(28)25-12-6-13(7-12)26-21(29)30)9-23-17-14-4-3-11(8-22)5-16(14)27-19(17)18/h3-5,9-10,12-13,26-27H,6-7H2,1-2H3,(H,23,24)(H,25,28)(H,29,30). The molecule has 0 radical (unpaired) electrons. The van der Waals surface area contributed by atoms with E-state index in [1.54, 1.807) is 18.3 Å². The molecule has 1 aliphatic carbocycles. The lowest BCUT2D eigenvalue weighted by Gasteiger charge is -2.35. The first-order valence-corrected chi connectivity index (χ1v) is 9.77. The number of H-pyrrole nitrogens is 1. The zero-order valence-corrected chi connectivity index (χ0v) is 16.6. The molecule has 1 aromatic carbocycles. The SMILES string of the molecule is CC(C)Nc1c(C(=O)NC2CC(NC(=O)O)C2)cnc2c1[nH]c1cc(C#N)ccc12. The molecule has 4 rings (SSSR count). The van der Waals surface area contributed by atoms with Gasteiger partial charge in [-0.15, -0.1) is 0 Å². The minimum Gasteiger partial charge on any atom is -0.465 e. The van der Waals surface area contributed by atoms with Crippen molar-refractivity contribution in [2.45, 2.75) is 44.8 Å². The topological polar surface area (TPSA) is 143 Å². The number of aromatic nitrogens is 2. The van der Waals surface area contributed by atoms with Crippen LogP contribution < -0.4 is 16.0 Å².